The number of carbonyl (C=O) groups is 1. The van der Waals surface area contributed by atoms with Gasteiger partial charge in [0.15, 0.2) is 0 Å². The van der Waals surface area contributed by atoms with Gasteiger partial charge in [-0.25, -0.2) is 0 Å². The minimum atomic E-state index is -0.0967. The minimum Gasteiger partial charge on any atom is -0.348 e. The van der Waals surface area contributed by atoms with Crippen LogP contribution in [0.25, 0.3) is 11.3 Å². The van der Waals surface area contributed by atoms with Gasteiger partial charge in [-0.3, -0.25) is 9.48 Å². The second-order valence-corrected chi connectivity index (χ2v) is 6.62. The van der Waals surface area contributed by atoms with Crippen molar-refractivity contribution < 1.29 is 4.79 Å². The van der Waals surface area contributed by atoms with E-state index in [1.54, 1.807) is 0 Å². The van der Waals surface area contributed by atoms with E-state index in [0.717, 1.165) is 28.3 Å². The second-order valence-electron chi connectivity index (χ2n) is 6.62. The Balaban J connectivity index is 1.64. The van der Waals surface area contributed by atoms with Crippen LogP contribution in [0.3, 0.4) is 0 Å². The van der Waals surface area contributed by atoms with Crippen LogP contribution in [0.1, 0.15) is 34.4 Å². The average Bonchev–Trinajstić information content (AvgIpc) is 2.92. The predicted octanol–water partition coefficient (Wildman–Crippen LogP) is 3.08. The van der Waals surface area contributed by atoms with Gasteiger partial charge >= 0.3 is 0 Å². The maximum atomic E-state index is 12.5. The van der Waals surface area contributed by atoms with Gasteiger partial charge in [-0.1, -0.05) is 12.1 Å². The molecule has 1 amide bonds. The Kier molecular flexibility index (Phi) is 5.11. The molecule has 134 valence electrons. The highest BCUT2D eigenvalue weighted by Gasteiger charge is 2.12. The van der Waals surface area contributed by atoms with Crippen LogP contribution in [0, 0.1) is 20.8 Å². The van der Waals surface area contributed by atoms with Gasteiger partial charge in [0.2, 0.25) is 0 Å². The first-order chi connectivity index (χ1) is 12.4. The molecular formula is C20H23N5O. The fourth-order valence-electron chi connectivity index (χ4n) is 2.82. The SMILES string of the molecule is Cc1ccc(-c2ccc(C(=O)N[C@H](C)Cn3nc(C)cc3C)cc2)nn1. The number of benzene rings is 1. The van der Waals surface area contributed by atoms with E-state index in [0.29, 0.717) is 12.1 Å². The van der Waals surface area contributed by atoms with Crippen molar-refractivity contribution in [1.29, 1.82) is 0 Å². The minimum absolute atomic E-state index is 0.0249. The highest BCUT2D eigenvalue weighted by molar-refractivity contribution is 5.94. The number of hydrogen-bond donors (Lipinski definition) is 1. The molecule has 1 N–H and O–H groups in total. The first-order valence-corrected chi connectivity index (χ1v) is 8.65. The summed E-state index contributed by atoms with van der Waals surface area (Å²) in [6.45, 7) is 8.50. The molecule has 0 saturated carbocycles. The third-order valence-corrected chi connectivity index (χ3v) is 4.17. The molecule has 0 fully saturated rings. The normalized spacial score (nSPS) is 12.0. The molecule has 1 aromatic carbocycles. The molecule has 0 aliphatic heterocycles. The molecule has 6 nitrogen and oxygen atoms in total. The van der Waals surface area contributed by atoms with E-state index in [1.165, 1.54) is 0 Å². The molecule has 0 saturated heterocycles. The lowest BCUT2D eigenvalue weighted by Gasteiger charge is -2.15. The van der Waals surface area contributed by atoms with E-state index in [4.69, 9.17) is 0 Å². The third-order valence-electron chi connectivity index (χ3n) is 4.17. The second kappa shape index (κ2) is 7.47. The summed E-state index contributed by atoms with van der Waals surface area (Å²) >= 11 is 0. The van der Waals surface area contributed by atoms with E-state index < -0.39 is 0 Å². The number of nitrogens with one attached hydrogen (secondary N) is 1. The maximum Gasteiger partial charge on any atom is 0.251 e. The zero-order chi connectivity index (χ0) is 18.7. The number of amides is 1. The van der Waals surface area contributed by atoms with Crippen molar-refractivity contribution in [2.24, 2.45) is 0 Å². The van der Waals surface area contributed by atoms with Crippen LogP contribution in [0.2, 0.25) is 0 Å². The van der Waals surface area contributed by atoms with Crippen LogP contribution in [0.5, 0.6) is 0 Å². The summed E-state index contributed by atoms with van der Waals surface area (Å²) in [5, 5.41) is 15.7. The van der Waals surface area contributed by atoms with Crippen molar-refractivity contribution in [2.75, 3.05) is 0 Å². The average molecular weight is 349 g/mol. The molecule has 0 aliphatic carbocycles. The summed E-state index contributed by atoms with van der Waals surface area (Å²) in [5.41, 5.74) is 5.29. The van der Waals surface area contributed by atoms with Gasteiger partial charge in [0.05, 0.1) is 23.6 Å². The summed E-state index contributed by atoms with van der Waals surface area (Å²) in [6.07, 6.45) is 0. The van der Waals surface area contributed by atoms with E-state index in [2.05, 4.69) is 20.6 Å². The Labute approximate surface area is 153 Å². The molecule has 3 aromatic rings. The fraction of sp³-hybridized carbons (Fsp3) is 0.300. The Morgan fingerprint density at radius 3 is 2.35 bits per heavy atom. The van der Waals surface area contributed by atoms with Crippen LogP contribution in [0.4, 0.5) is 0 Å². The van der Waals surface area contributed by atoms with Crippen molar-refractivity contribution in [3.05, 3.63) is 65.1 Å². The number of nitrogens with zero attached hydrogens (tertiary/aromatic N) is 4. The molecule has 0 aliphatic rings. The largest absolute Gasteiger partial charge is 0.348 e. The summed E-state index contributed by atoms with van der Waals surface area (Å²) in [5.74, 6) is -0.0967. The molecule has 1 atom stereocenters. The van der Waals surface area contributed by atoms with Gasteiger partial charge in [0.25, 0.3) is 5.91 Å². The van der Waals surface area contributed by atoms with Gasteiger partial charge in [-0.15, -0.1) is 0 Å². The molecule has 0 spiro atoms. The number of carbonyl (C=O) groups excluding carboxylic acids is 1. The lowest BCUT2D eigenvalue weighted by molar-refractivity contribution is 0.0936. The van der Waals surface area contributed by atoms with Crippen molar-refractivity contribution in [1.82, 2.24) is 25.3 Å². The predicted molar refractivity (Wildman–Crippen MR) is 101 cm³/mol. The quantitative estimate of drug-likeness (QED) is 0.768. The lowest BCUT2D eigenvalue weighted by Crippen LogP contribution is -2.36. The van der Waals surface area contributed by atoms with E-state index >= 15 is 0 Å². The Bertz CT molecular complexity index is 897. The summed E-state index contributed by atoms with van der Waals surface area (Å²) in [6, 6.07) is 13.2. The Morgan fingerprint density at radius 1 is 1.04 bits per heavy atom. The Morgan fingerprint density at radius 2 is 1.77 bits per heavy atom. The molecular weight excluding hydrogens is 326 g/mol. The number of aryl methyl sites for hydroxylation is 3. The standard InChI is InChI=1S/C20H23N5O/c1-13-5-10-19(23-22-13)17-6-8-18(9-7-17)20(26)21-15(3)12-25-16(4)11-14(2)24-25/h5-11,15H,12H2,1-4H3,(H,21,26)/t15-/m1/s1. The van der Waals surface area contributed by atoms with Crippen molar-refractivity contribution in [3.63, 3.8) is 0 Å². The number of rotatable bonds is 5. The Hall–Kier alpha value is -3.02. The van der Waals surface area contributed by atoms with Crippen LogP contribution in [0.15, 0.2) is 42.5 Å². The van der Waals surface area contributed by atoms with Crippen molar-refractivity contribution in [2.45, 2.75) is 40.3 Å². The summed E-state index contributed by atoms with van der Waals surface area (Å²) in [7, 11) is 0. The smallest absolute Gasteiger partial charge is 0.251 e. The molecule has 0 bridgehead atoms. The molecule has 3 rings (SSSR count). The van der Waals surface area contributed by atoms with E-state index in [9.17, 15) is 4.79 Å². The van der Waals surface area contributed by atoms with Crippen molar-refractivity contribution in [3.8, 4) is 11.3 Å². The van der Waals surface area contributed by atoms with Crippen LogP contribution >= 0.6 is 0 Å². The van der Waals surface area contributed by atoms with E-state index in [-0.39, 0.29) is 11.9 Å². The number of hydrogen-bond acceptors (Lipinski definition) is 4. The summed E-state index contributed by atoms with van der Waals surface area (Å²) in [4.78, 5) is 12.5. The molecule has 26 heavy (non-hydrogen) atoms. The summed E-state index contributed by atoms with van der Waals surface area (Å²) < 4.78 is 1.92. The zero-order valence-corrected chi connectivity index (χ0v) is 15.5. The van der Waals surface area contributed by atoms with Crippen LogP contribution in [-0.4, -0.2) is 31.9 Å². The maximum absolute atomic E-state index is 12.5. The first kappa shape index (κ1) is 17.8. The fourth-order valence-corrected chi connectivity index (χ4v) is 2.82. The van der Waals surface area contributed by atoms with Gasteiger partial charge in [0.1, 0.15) is 0 Å². The third kappa shape index (κ3) is 4.14. The van der Waals surface area contributed by atoms with Crippen LogP contribution < -0.4 is 5.32 Å². The van der Waals surface area contributed by atoms with Gasteiger partial charge in [-0.05, 0) is 58.0 Å². The van der Waals surface area contributed by atoms with Gasteiger partial charge in [0, 0.05) is 22.9 Å². The van der Waals surface area contributed by atoms with Gasteiger partial charge < -0.3 is 5.32 Å². The topological polar surface area (TPSA) is 72.7 Å². The first-order valence-electron chi connectivity index (χ1n) is 8.65. The van der Waals surface area contributed by atoms with Gasteiger partial charge in [-0.2, -0.15) is 15.3 Å². The number of aromatic nitrogens is 4. The van der Waals surface area contributed by atoms with E-state index in [1.807, 2.05) is 74.8 Å². The highest BCUT2D eigenvalue weighted by Crippen LogP contribution is 2.17. The van der Waals surface area contributed by atoms with Crippen molar-refractivity contribution >= 4 is 5.91 Å². The molecule has 0 unspecified atom stereocenters. The molecule has 2 aromatic heterocycles. The van der Waals surface area contributed by atoms with Crippen LogP contribution in [-0.2, 0) is 6.54 Å². The molecule has 2 heterocycles. The zero-order valence-electron chi connectivity index (χ0n) is 15.5. The highest BCUT2D eigenvalue weighted by atomic mass is 16.1. The molecule has 6 heteroatoms. The molecule has 0 radical (unpaired) electrons. The monoisotopic (exact) mass is 349 g/mol. The lowest BCUT2D eigenvalue weighted by atomic mass is 10.1.